The number of nitrogens with one attached hydrogen (secondary N) is 3. The van der Waals surface area contributed by atoms with E-state index in [4.69, 9.17) is 0 Å². The number of hydrogen-bond acceptors (Lipinski definition) is 3. The fourth-order valence-electron chi connectivity index (χ4n) is 2.66. The van der Waals surface area contributed by atoms with Crippen molar-refractivity contribution in [1.29, 1.82) is 0 Å². The average Bonchev–Trinajstić information content (AvgIpc) is 2.58. The highest BCUT2D eigenvalue weighted by molar-refractivity contribution is 5.94. The standard InChI is InChI=1S/C19H29N3O2/c1-19(2,3)18(24)22-12-14-6-8-16(9-7-14)17(23)21-13-15-5-4-10-20-11-15/h6-9,15,20H,4-5,10-13H2,1-3H3,(H,21,23)(H,22,24). The van der Waals surface area contributed by atoms with Crippen molar-refractivity contribution in [2.75, 3.05) is 19.6 Å². The van der Waals surface area contributed by atoms with Crippen LogP contribution in [0.3, 0.4) is 0 Å². The lowest BCUT2D eigenvalue weighted by molar-refractivity contribution is -0.128. The number of benzene rings is 1. The smallest absolute Gasteiger partial charge is 0.251 e. The predicted molar refractivity (Wildman–Crippen MR) is 95.7 cm³/mol. The van der Waals surface area contributed by atoms with Crippen LogP contribution in [-0.4, -0.2) is 31.4 Å². The van der Waals surface area contributed by atoms with Gasteiger partial charge in [0.25, 0.3) is 5.91 Å². The molecule has 1 saturated heterocycles. The van der Waals surface area contributed by atoms with Crippen LogP contribution in [0.15, 0.2) is 24.3 Å². The van der Waals surface area contributed by atoms with Crippen molar-refractivity contribution in [2.24, 2.45) is 11.3 Å². The van der Waals surface area contributed by atoms with Crippen LogP contribution in [0, 0.1) is 11.3 Å². The number of piperidine rings is 1. The fourth-order valence-corrected chi connectivity index (χ4v) is 2.66. The Bertz CT molecular complexity index is 555. The molecule has 0 spiro atoms. The Balaban J connectivity index is 1.80. The second-order valence-electron chi connectivity index (χ2n) is 7.55. The molecular formula is C19H29N3O2. The van der Waals surface area contributed by atoms with Crippen molar-refractivity contribution in [3.8, 4) is 0 Å². The summed E-state index contributed by atoms with van der Waals surface area (Å²) in [5, 5.41) is 9.27. The predicted octanol–water partition coefficient (Wildman–Crippen LogP) is 2.08. The summed E-state index contributed by atoms with van der Waals surface area (Å²) in [4.78, 5) is 24.1. The Morgan fingerprint density at radius 2 is 1.88 bits per heavy atom. The molecule has 24 heavy (non-hydrogen) atoms. The summed E-state index contributed by atoms with van der Waals surface area (Å²) in [6.07, 6.45) is 2.34. The summed E-state index contributed by atoms with van der Waals surface area (Å²) < 4.78 is 0. The molecule has 1 atom stereocenters. The molecule has 0 aromatic heterocycles. The van der Waals surface area contributed by atoms with Crippen molar-refractivity contribution < 1.29 is 9.59 Å². The molecule has 2 rings (SSSR count). The van der Waals surface area contributed by atoms with Crippen LogP contribution in [-0.2, 0) is 11.3 Å². The maximum Gasteiger partial charge on any atom is 0.251 e. The number of amides is 2. The summed E-state index contributed by atoms with van der Waals surface area (Å²) in [6.45, 7) is 8.91. The Hall–Kier alpha value is -1.88. The molecular weight excluding hydrogens is 302 g/mol. The summed E-state index contributed by atoms with van der Waals surface area (Å²) in [7, 11) is 0. The monoisotopic (exact) mass is 331 g/mol. The van der Waals surface area contributed by atoms with Crippen LogP contribution in [0.2, 0.25) is 0 Å². The third-order valence-electron chi connectivity index (χ3n) is 4.30. The minimum absolute atomic E-state index is 0.0189. The van der Waals surface area contributed by atoms with Gasteiger partial charge in [0.15, 0.2) is 0 Å². The first-order valence-corrected chi connectivity index (χ1v) is 8.72. The molecule has 1 heterocycles. The molecule has 1 aliphatic heterocycles. The van der Waals surface area contributed by atoms with Crippen LogP contribution < -0.4 is 16.0 Å². The van der Waals surface area contributed by atoms with Crippen LogP contribution >= 0.6 is 0 Å². The Labute approximate surface area is 144 Å². The number of hydrogen-bond donors (Lipinski definition) is 3. The molecule has 1 aliphatic rings. The first kappa shape index (κ1) is 18.5. The fraction of sp³-hybridized carbons (Fsp3) is 0.579. The van der Waals surface area contributed by atoms with Crippen molar-refractivity contribution >= 4 is 11.8 Å². The molecule has 5 heteroatoms. The van der Waals surface area contributed by atoms with Gasteiger partial charge in [-0.05, 0) is 49.5 Å². The van der Waals surface area contributed by atoms with E-state index in [1.807, 2.05) is 45.0 Å². The van der Waals surface area contributed by atoms with Gasteiger partial charge >= 0.3 is 0 Å². The molecule has 1 aromatic carbocycles. The minimum atomic E-state index is -0.395. The third kappa shape index (κ3) is 5.64. The SMILES string of the molecule is CC(C)(C)C(=O)NCc1ccc(C(=O)NCC2CCCNC2)cc1. The van der Waals surface area contributed by atoms with Crippen molar-refractivity contribution in [3.05, 3.63) is 35.4 Å². The van der Waals surface area contributed by atoms with Crippen LogP contribution in [0.1, 0.15) is 49.5 Å². The molecule has 2 amide bonds. The lowest BCUT2D eigenvalue weighted by Crippen LogP contribution is -2.38. The van der Waals surface area contributed by atoms with Crippen LogP contribution in [0.25, 0.3) is 0 Å². The minimum Gasteiger partial charge on any atom is -0.352 e. The molecule has 5 nitrogen and oxygen atoms in total. The van der Waals surface area contributed by atoms with Crippen LogP contribution in [0.5, 0.6) is 0 Å². The van der Waals surface area contributed by atoms with Gasteiger partial charge in [-0.1, -0.05) is 32.9 Å². The van der Waals surface area contributed by atoms with Crippen molar-refractivity contribution in [1.82, 2.24) is 16.0 Å². The normalized spacial score (nSPS) is 18.0. The van der Waals surface area contributed by atoms with Crippen LogP contribution in [0.4, 0.5) is 0 Å². The zero-order valence-electron chi connectivity index (χ0n) is 14.9. The summed E-state index contributed by atoms with van der Waals surface area (Å²) in [5.41, 5.74) is 1.25. The Morgan fingerprint density at radius 3 is 2.46 bits per heavy atom. The lowest BCUT2D eigenvalue weighted by atomic mass is 9.95. The lowest BCUT2D eigenvalue weighted by Gasteiger charge is -2.22. The van der Waals surface area contributed by atoms with Gasteiger partial charge in [-0.3, -0.25) is 9.59 Å². The third-order valence-corrected chi connectivity index (χ3v) is 4.30. The quantitative estimate of drug-likeness (QED) is 0.774. The van der Waals surface area contributed by atoms with E-state index in [9.17, 15) is 9.59 Å². The van der Waals surface area contributed by atoms with E-state index >= 15 is 0 Å². The average molecular weight is 331 g/mol. The molecule has 132 valence electrons. The highest BCUT2D eigenvalue weighted by atomic mass is 16.2. The van der Waals surface area contributed by atoms with E-state index in [0.29, 0.717) is 18.0 Å². The summed E-state index contributed by atoms with van der Waals surface area (Å²) in [6, 6.07) is 7.40. The van der Waals surface area contributed by atoms with E-state index in [1.165, 1.54) is 12.8 Å². The molecule has 1 unspecified atom stereocenters. The Morgan fingerprint density at radius 1 is 1.17 bits per heavy atom. The molecule has 0 radical (unpaired) electrons. The molecule has 3 N–H and O–H groups in total. The first-order valence-electron chi connectivity index (χ1n) is 8.72. The number of carbonyl (C=O) groups is 2. The van der Waals surface area contributed by atoms with Gasteiger partial charge in [0.2, 0.25) is 5.91 Å². The van der Waals surface area contributed by atoms with E-state index < -0.39 is 5.41 Å². The van der Waals surface area contributed by atoms with E-state index in [2.05, 4.69) is 16.0 Å². The van der Waals surface area contributed by atoms with E-state index in [0.717, 1.165) is 25.2 Å². The second kappa shape index (κ2) is 8.29. The number of carbonyl (C=O) groups excluding carboxylic acids is 2. The Kier molecular flexibility index (Phi) is 6.37. The van der Waals surface area contributed by atoms with Crippen molar-refractivity contribution in [2.45, 2.75) is 40.2 Å². The molecule has 1 fully saturated rings. The van der Waals surface area contributed by atoms with Gasteiger partial charge in [0.05, 0.1) is 0 Å². The van der Waals surface area contributed by atoms with E-state index in [-0.39, 0.29) is 11.8 Å². The molecule has 0 aliphatic carbocycles. The molecule has 0 bridgehead atoms. The topological polar surface area (TPSA) is 70.2 Å². The van der Waals surface area contributed by atoms with E-state index in [1.54, 1.807) is 0 Å². The zero-order valence-corrected chi connectivity index (χ0v) is 14.9. The first-order chi connectivity index (χ1) is 11.4. The molecule has 0 saturated carbocycles. The zero-order chi connectivity index (χ0) is 17.6. The molecule has 1 aromatic rings. The summed E-state index contributed by atoms with van der Waals surface area (Å²) in [5.74, 6) is 0.505. The highest BCUT2D eigenvalue weighted by Gasteiger charge is 2.20. The van der Waals surface area contributed by atoms with Gasteiger partial charge in [0, 0.05) is 24.1 Å². The van der Waals surface area contributed by atoms with Gasteiger partial charge in [-0.15, -0.1) is 0 Å². The largest absolute Gasteiger partial charge is 0.352 e. The van der Waals surface area contributed by atoms with Gasteiger partial charge in [-0.2, -0.15) is 0 Å². The highest BCUT2D eigenvalue weighted by Crippen LogP contribution is 2.13. The second-order valence-corrected chi connectivity index (χ2v) is 7.55. The number of rotatable bonds is 5. The summed E-state index contributed by atoms with van der Waals surface area (Å²) >= 11 is 0. The van der Waals surface area contributed by atoms with Gasteiger partial charge in [-0.25, -0.2) is 0 Å². The maximum absolute atomic E-state index is 12.2. The maximum atomic E-state index is 12.2. The van der Waals surface area contributed by atoms with Gasteiger partial charge in [0.1, 0.15) is 0 Å². The van der Waals surface area contributed by atoms with Crippen molar-refractivity contribution in [3.63, 3.8) is 0 Å². The van der Waals surface area contributed by atoms with Gasteiger partial charge < -0.3 is 16.0 Å².